The van der Waals surface area contributed by atoms with Gasteiger partial charge in [0, 0.05) is 25.2 Å². The average molecular weight is 613 g/mol. The number of aliphatic hydroxyl groups is 3. The molecule has 0 saturated carbocycles. The molecule has 0 aromatic rings. The van der Waals surface area contributed by atoms with Crippen LogP contribution in [0.2, 0.25) is 0 Å². The number of fused-ring (bicyclic) bond motifs is 2. The Balaban J connectivity index is 1.52. The molecule has 0 amide bonds. The van der Waals surface area contributed by atoms with Crippen LogP contribution in [0.25, 0.3) is 0 Å². The van der Waals surface area contributed by atoms with Crippen LogP contribution in [0, 0.1) is 23.7 Å². The zero-order valence-corrected chi connectivity index (χ0v) is 27.4. The fraction of sp³-hybridized carbons (Fsp3) is 0.694. The Morgan fingerprint density at radius 3 is 2.59 bits per heavy atom. The summed E-state index contributed by atoms with van der Waals surface area (Å²) in [6.45, 7) is 14.4. The molecule has 11 atom stereocenters. The van der Waals surface area contributed by atoms with Crippen LogP contribution in [0.3, 0.4) is 0 Å². The average Bonchev–Trinajstić information content (AvgIpc) is 3.27. The third-order valence-electron chi connectivity index (χ3n) is 10.1. The molecule has 8 nitrogen and oxygen atoms in total. The molecule has 0 radical (unpaired) electrons. The lowest BCUT2D eigenvalue weighted by molar-refractivity contribution is -0.342. The van der Waals surface area contributed by atoms with Gasteiger partial charge in [0.2, 0.25) is 0 Å². The van der Waals surface area contributed by atoms with Crippen LogP contribution in [0.4, 0.5) is 0 Å². The maximum absolute atomic E-state index is 14.0. The van der Waals surface area contributed by atoms with Gasteiger partial charge >= 0.3 is 5.97 Å². The van der Waals surface area contributed by atoms with Crippen molar-refractivity contribution < 1.29 is 39.1 Å². The number of carbonyl (C=O) groups is 1. The highest BCUT2D eigenvalue weighted by atomic mass is 16.7. The standard InChI is InChI=1S/C36H52O8/c1-20(2)13-24(6)32-25(7)30(37)18-35(44-32)17-28-16-27(43-35)12-11-22(4)14-21(3)9-8-10-26-19-41-33-31(38)23(5)15-29(34(39)42-28)36(26,33)40/h8-11,13,15,20-21,25,27-33,37-38,40H,12,14,16-19H2,1-7H3/b9-8-,22-11-,24-13-,26-10-/t21-,25-,27+,28-,29-,30-,31+,32+,33+,35-,36+/m0/s1. The second kappa shape index (κ2) is 13.0. The van der Waals surface area contributed by atoms with Crippen LogP contribution in [0.5, 0.6) is 0 Å². The number of aliphatic hydroxyl groups excluding tert-OH is 2. The molecule has 5 rings (SSSR count). The first-order valence-electron chi connectivity index (χ1n) is 16.4. The van der Waals surface area contributed by atoms with Crippen molar-refractivity contribution >= 4 is 5.97 Å². The zero-order chi connectivity index (χ0) is 32.0. The Morgan fingerprint density at radius 1 is 1.11 bits per heavy atom. The van der Waals surface area contributed by atoms with Gasteiger partial charge in [0.25, 0.3) is 0 Å². The number of carbonyl (C=O) groups excluding carboxylic acids is 1. The zero-order valence-electron chi connectivity index (χ0n) is 27.4. The number of hydrogen-bond donors (Lipinski definition) is 3. The summed E-state index contributed by atoms with van der Waals surface area (Å²) >= 11 is 0. The summed E-state index contributed by atoms with van der Waals surface area (Å²) in [5.41, 5.74) is 1.64. The molecule has 8 heteroatoms. The monoisotopic (exact) mass is 612 g/mol. The van der Waals surface area contributed by atoms with Crippen LogP contribution < -0.4 is 0 Å². The lowest BCUT2D eigenvalue weighted by Gasteiger charge is -2.51. The van der Waals surface area contributed by atoms with E-state index in [4.69, 9.17) is 18.9 Å². The van der Waals surface area contributed by atoms with E-state index in [1.54, 1.807) is 13.0 Å². The van der Waals surface area contributed by atoms with Gasteiger partial charge in [-0.2, -0.15) is 0 Å². The molecule has 0 aromatic heterocycles. The normalized spacial score (nSPS) is 46.8. The quantitative estimate of drug-likeness (QED) is 0.292. The Hall–Kier alpha value is -2.07. The van der Waals surface area contributed by atoms with Gasteiger partial charge in [0.15, 0.2) is 5.79 Å². The molecule has 0 unspecified atom stereocenters. The van der Waals surface area contributed by atoms with Gasteiger partial charge in [-0.15, -0.1) is 0 Å². The third kappa shape index (κ3) is 6.58. The fourth-order valence-electron chi connectivity index (χ4n) is 7.85. The predicted molar refractivity (Wildman–Crippen MR) is 167 cm³/mol. The van der Waals surface area contributed by atoms with Crippen LogP contribution in [-0.2, 0) is 23.7 Å². The Bertz CT molecular complexity index is 1240. The minimum absolute atomic E-state index is 0.109. The predicted octanol–water partition coefficient (Wildman–Crippen LogP) is 5.09. The van der Waals surface area contributed by atoms with E-state index in [0.29, 0.717) is 29.9 Å². The van der Waals surface area contributed by atoms with Crippen molar-refractivity contribution in [2.24, 2.45) is 23.7 Å². The Morgan fingerprint density at radius 2 is 1.86 bits per heavy atom. The van der Waals surface area contributed by atoms with Crippen LogP contribution in [-0.4, -0.2) is 75.9 Å². The molecule has 3 saturated heterocycles. The van der Waals surface area contributed by atoms with E-state index >= 15 is 0 Å². The van der Waals surface area contributed by atoms with Gasteiger partial charge in [-0.1, -0.05) is 69.7 Å². The van der Waals surface area contributed by atoms with Gasteiger partial charge in [0.1, 0.15) is 29.8 Å². The molecule has 0 aromatic carbocycles. The van der Waals surface area contributed by atoms with Crippen molar-refractivity contribution in [2.45, 2.75) is 129 Å². The van der Waals surface area contributed by atoms with E-state index in [1.165, 1.54) is 5.57 Å². The number of allylic oxidation sites excluding steroid dienone is 5. The molecular weight excluding hydrogens is 560 g/mol. The first-order chi connectivity index (χ1) is 20.7. The molecular formula is C36H52O8. The largest absolute Gasteiger partial charge is 0.462 e. The fourth-order valence-corrected chi connectivity index (χ4v) is 7.85. The maximum Gasteiger partial charge on any atom is 0.316 e. The first-order valence-corrected chi connectivity index (χ1v) is 16.4. The van der Waals surface area contributed by atoms with Crippen LogP contribution >= 0.6 is 0 Å². The molecule has 4 aliphatic heterocycles. The van der Waals surface area contributed by atoms with Crippen molar-refractivity contribution in [1.29, 1.82) is 0 Å². The molecule has 1 spiro atoms. The number of rotatable bonds is 2. The van der Waals surface area contributed by atoms with Crippen LogP contribution in [0.1, 0.15) is 80.6 Å². The summed E-state index contributed by atoms with van der Waals surface area (Å²) in [6.07, 6.45) is 10.4. The summed E-state index contributed by atoms with van der Waals surface area (Å²) in [7, 11) is 0. The Kier molecular flexibility index (Phi) is 9.82. The molecule has 3 fully saturated rings. The van der Waals surface area contributed by atoms with Crippen molar-refractivity contribution in [3.63, 3.8) is 0 Å². The topological polar surface area (TPSA) is 115 Å². The van der Waals surface area contributed by atoms with Gasteiger partial charge < -0.3 is 34.3 Å². The van der Waals surface area contributed by atoms with Gasteiger partial charge in [-0.05, 0) is 62.2 Å². The van der Waals surface area contributed by atoms with Crippen molar-refractivity contribution in [3.05, 3.63) is 58.7 Å². The second-order valence-corrected chi connectivity index (χ2v) is 14.4. The van der Waals surface area contributed by atoms with Crippen molar-refractivity contribution in [2.75, 3.05) is 6.61 Å². The maximum atomic E-state index is 14.0. The van der Waals surface area contributed by atoms with Crippen LogP contribution in [0.15, 0.2) is 58.7 Å². The van der Waals surface area contributed by atoms with E-state index in [-0.39, 0.29) is 43.5 Å². The molecule has 1 aliphatic carbocycles. The minimum Gasteiger partial charge on any atom is -0.462 e. The summed E-state index contributed by atoms with van der Waals surface area (Å²) in [4.78, 5) is 14.0. The minimum atomic E-state index is -1.74. The molecule has 3 N–H and O–H groups in total. The summed E-state index contributed by atoms with van der Waals surface area (Å²) in [6, 6.07) is 0. The van der Waals surface area contributed by atoms with E-state index in [9.17, 15) is 20.1 Å². The highest BCUT2D eigenvalue weighted by Gasteiger charge is 2.60. The highest BCUT2D eigenvalue weighted by Crippen LogP contribution is 2.47. The summed E-state index contributed by atoms with van der Waals surface area (Å²) in [5.74, 6) is -2.31. The molecule has 2 bridgehead atoms. The highest BCUT2D eigenvalue weighted by molar-refractivity contribution is 5.78. The van der Waals surface area contributed by atoms with E-state index in [0.717, 1.165) is 12.0 Å². The van der Waals surface area contributed by atoms with E-state index in [1.807, 2.05) is 26.0 Å². The second-order valence-electron chi connectivity index (χ2n) is 14.4. The molecule has 44 heavy (non-hydrogen) atoms. The lowest BCUT2D eigenvalue weighted by Crippen LogP contribution is -2.59. The first kappa shape index (κ1) is 33.3. The van der Waals surface area contributed by atoms with E-state index < -0.39 is 47.7 Å². The lowest BCUT2D eigenvalue weighted by atomic mass is 9.71. The van der Waals surface area contributed by atoms with Gasteiger partial charge in [0.05, 0.1) is 24.9 Å². The number of esters is 1. The third-order valence-corrected chi connectivity index (χ3v) is 10.1. The van der Waals surface area contributed by atoms with Crippen molar-refractivity contribution in [1.82, 2.24) is 0 Å². The number of ether oxygens (including phenoxy) is 4. The number of hydrogen-bond acceptors (Lipinski definition) is 8. The SMILES string of the molecule is CC1=C[C@H]2C(=O)O[C@H]3C[C@@H](C/C=C(/C)C[C@@H](C)/C=C\C=C4\CO[C@H]([C@@H]1O)[C@@]42O)O[C@]1(C3)C[C@H](O)[C@H](C)[C@@H](/C(C)=C\C(C)C)O1. The Labute approximate surface area is 262 Å². The molecule has 244 valence electrons. The molecule has 5 aliphatic rings. The summed E-state index contributed by atoms with van der Waals surface area (Å²) in [5, 5.41) is 34.3. The smallest absolute Gasteiger partial charge is 0.316 e. The van der Waals surface area contributed by atoms with Crippen molar-refractivity contribution in [3.8, 4) is 0 Å². The summed E-state index contributed by atoms with van der Waals surface area (Å²) < 4.78 is 25.7. The molecule has 4 heterocycles. The van der Waals surface area contributed by atoms with Gasteiger partial charge in [-0.3, -0.25) is 4.79 Å². The van der Waals surface area contributed by atoms with Gasteiger partial charge in [-0.25, -0.2) is 0 Å². The van der Waals surface area contributed by atoms with E-state index in [2.05, 4.69) is 45.9 Å².